The number of amides is 2. The molecule has 0 spiro atoms. The Hall–Kier alpha value is -3.06. The van der Waals surface area contributed by atoms with Gasteiger partial charge in [0, 0.05) is 16.1 Å². The van der Waals surface area contributed by atoms with Gasteiger partial charge in [0.25, 0.3) is 5.91 Å². The van der Waals surface area contributed by atoms with Crippen LogP contribution in [-0.4, -0.2) is 16.8 Å². The minimum absolute atomic E-state index is 0.0957. The molecule has 1 heterocycles. The second-order valence-electron chi connectivity index (χ2n) is 6.23. The summed E-state index contributed by atoms with van der Waals surface area (Å²) in [6, 6.07) is 14.6. The lowest BCUT2D eigenvalue weighted by Crippen LogP contribution is -2.20. The van der Waals surface area contributed by atoms with Gasteiger partial charge in [-0.05, 0) is 49.2 Å². The van der Waals surface area contributed by atoms with Crippen molar-refractivity contribution in [1.82, 2.24) is 4.98 Å². The number of anilines is 2. The predicted octanol–water partition coefficient (Wildman–Crippen LogP) is 4.20. The molecule has 0 saturated heterocycles. The van der Waals surface area contributed by atoms with Gasteiger partial charge in [0.15, 0.2) is 5.13 Å². The highest BCUT2D eigenvalue weighted by atomic mass is 32.1. The van der Waals surface area contributed by atoms with Crippen LogP contribution < -0.4 is 10.6 Å². The molecule has 1 aromatic heterocycles. The molecule has 0 fully saturated rings. The number of rotatable bonds is 4. The first-order valence-electron chi connectivity index (χ1n) is 8.52. The fourth-order valence-corrected chi connectivity index (χ4v) is 4.09. The molecule has 2 amide bonds. The number of hydrogen-bond donors (Lipinski definition) is 2. The first-order valence-corrected chi connectivity index (χ1v) is 9.34. The van der Waals surface area contributed by atoms with E-state index in [0.717, 1.165) is 22.7 Å². The van der Waals surface area contributed by atoms with E-state index in [9.17, 15) is 14.0 Å². The van der Waals surface area contributed by atoms with Gasteiger partial charge in [-0.3, -0.25) is 14.9 Å². The summed E-state index contributed by atoms with van der Waals surface area (Å²) >= 11 is 1.38. The maximum absolute atomic E-state index is 13.0. The van der Waals surface area contributed by atoms with Crippen molar-refractivity contribution >= 4 is 34.0 Å². The number of para-hydroxylation sites is 1. The number of halogens is 1. The molecule has 1 aliphatic rings. The number of nitrogens with zero attached hydrogens (tertiary/aromatic N) is 1. The van der Waals surface area contributed by atoms with Gasteiger partial charge in [0.1, 0.15) is 5.82 Å². The molecule has 27 heavy (non-hydrogen) atoms. The Morgan fingerprint density at radius 1 is 1.04 bits per heavy atom. The molecular weight excluding hydrogens is 365 g/mol. The topological polar surface area (TPSA) is 71.1 Å². The first-order chi connectivity index (χ1) is 13.1. The average Bonchev–Trinajstić information content (AvgIpc) is 3.23. The van der Waals surface area contributed by atoms with Crippen LogP contribution in [0.15, 0.2) is 54.6 Å². The highest BCUT2D eigenvalue weighted by molar-refractivity contribution is 7.16. The number of thiazole rings is 1. The van der Waals surface area contributed by atoms with E-state index in [1.807, 2.05) is 30.3 Å². The quantitative estimate of drug-likeness (QED) is 0.711. The van der Waals surface area contributed by atoms with E-state index in [-0.39, 0.29) is 17.7 Å². The minimum Gasteiger partial charge on any atom is -0.326 e. The molecule has 136 valence electrons. The van der Waals surface area contributed by atoms with Crippen molar-refractivity contribution in [3.8, 4) is 0 Å². The van der Waals surface area contributed by atoms with Crippen molar-refractivity contribution in [2.75, 3.05) is 10.6 Å². The Morgan fingerprint density at radius 3 is 2.52 bits per heavy atom. The number of hydrogen-bond acceptors (Lipinski definition) is 4. The van der Waals surface area contributed by atoms with Gasteiger partial charge < -0.3 is 5.32 Å². The number of aromatic nitrogens is 1. The SMILES string of the molecule is O=C(Nc1nc2c(s1)CCC2C(=O)Nc1ccccc1)c1ccc(F)cc1. The van der Waals surface area contributed by atoms with Crippen molar-refractivity contribution in [2.45, 2.75) is 18.8 Å². The van der Waals surface area contributed by atoms with Crippen LogP contribution in [0, 0.1) is 5.82 Å². The van der Waals surface area contributed by atoms with Gasteiger partial charge in [0.05, 0.1) is 11.6 Å². The molecule has 1 aliphatic carbocycles. The van der Waals surface area contributed by atoms with Gasteiger partial charge in [-0.2, -0.15) is 0 Å². The van der Waals surface area contributed by atoms with Crippen molar-refractivity contribution in [2.24, 2.45) is 0 Å². The largest absolute Gasteiger partial charge is 0.326 e. The first kappa shape index (κ1) is 17.4. The van der Waals surface area contributed by atoms with E-state index in [2.05, 4.69) is 15.6 Å². The molecule has 2 aromatic carbocycles. The predicted molar refractivity (Wildman–Crippen MR) is 103 cm³/mol. The standard InChI is InChI=1S/C20H16FN3O2S/c21-13-8-6-12(7-9-13)18(25)24-20-23-17-15(10-11-16(17)27-20)19(26)22-14-4-2-1-3-5-14/h1-9,15H,10-11H2,(H,22,26)(H,23,24,25). The monoisotopic (exact) mass is 381 g/mol. The van der Waals surface area contributed by atoms with Gasteiger partial charge in [-0.25, -0.2) is 9.37 Å². The van der Waals surface area contributed by atoms with Gasteiger partial charge in [-0.15, -0.1) is 11.3 Å². The molecular formula is C20H16FN3O2S. The van der Waals surface area contributed by atoms with Gasteiger partial charge in [-0.1, -0.05) is 18.2 Å². The van der Waals surface area contributed by atoms with Crippen LogP contribution in [-0.2, 0) is 11.2 Å². The van der Waals surface area contributed by atoms with Crippen molar-refractivity contribution < 1.29 is 14.0 Å². The van der Waals surface area contributed by atoms with E-state index < -0.39 is 5.82 Å². The number of carbonyl (C=O) groups excluding carboxylic acids is 2. The number of aryl methyl sites for hydroxylation is 1. The molecule has 0 aliphatic heterocycles. The molecule has 1 unspecified atom stereocenters. The zero-order valence-electron chi connectivity index (χ0n) is 14.2. The summed E-state index contributed by atoms with van der Waals surface area (Å²) in [7, 11) is 0. The molecule has 4 rings (SSSR count). The van der Waals surface area contributed by atoms with Crippen LogP contribution in [0.3, 0.4) is 0 Å². The third-order valence-electron chi connectivity index (χ3n) is 4.40. The zero-order chi connectivity index (χ0) is 18.8. The van der Waals surface area contributed by atoms with Crippen LogP contribution in [0.5, 0.6) is 0 Å². The molecule has 0 radical (unpaired) electrons. The Balaban J connectivity index is 1.47. The van der Waals surface area contributed by atoms with E-state index in [1.54, 1.807) is 0 Å². The highest BCUT2D eigenvalue weighted by Gasteiger charge is 2.33. The summed E-state index contributed by atoms with van der Waals surface area (Å²) in [5.41, 5.74) is 1.82. The number of benzene rings is 2. The zero-order valence-corrected chi connectivity index (χ0v) is 15.1. The molecule has 0 saturated carbocycles. The maximum Gasteiger partial charge on any atom is 0.257 e. The fraction of sp³-hybridized carbons (Fsp3) is 0.150. The molecule has 2 N–H and O–H groups in total. The fourth-order valence-electron chi connectivity index (χ4n) is 3.06. The lowest BCUT2D eigenvalue weighted by Gasteiger charge is -2.10. The average molecular weight is 381 g/mol. The molecule has 7 heteroatoms. The normalized spacial score (nSPS) is 15.2. The summed E-state index contributed by atoms with van der Waals surface area (Å²) in [4.78, 5) is 30.3. The van der Waals surface area contributed by atoms with Crippen LogP contribution in [0.4, 0.5) is 15.2 Å². The van der Waals surface area contributed by atoms with E-state index in [4.69, 9.17) is 0 Å². The summed E-state index contributed by atoms with van der Waals surface area (Å²) < 4.78 is 13.0. The van der Waals surface area contributed by atoms with Crippen LogP contribution in [0.25, 0.3) is 0 Å². The molecule has 5 nitrogen and oxygen atoms in total. The second-order valence-corrected chi connectivity index (χ2v) is 7.32. The Labute approximate surface area is 159 Å². The third-order valence-corrected chi connectivity index (χ3v) is 5.45. The van der Waals surface area contributed by atoms with E-state index in [0.29, 0.717) is 17.1 Å². The van der Waals surface area contributed by atoms with Crippen LogP contribution in [0.1, 0.15) is 33.3 Å². The van der Waals surface area contributed by atoms with Crippen LogP contribution >= 0.6 is 11.3 Å². The Morgan fingerprint density at radius 2 is 1.78 bits per heavy atom. The third kappa shape index (κ3) is 3.73. The van der Waals surface area contributed by atoms with Gasteiger partial charge >= 0.3 is 0 Å². The molecule has 1 atom stereocenters. The highest BCUT2D eigenvalue weighted by Crippen LogP contribution is 2.39. The Bertz CT molecular complexity index is 986. The molecule has 3 aromatic rings. The number of fused-ring (bicyclic) bond motifs is 1. The lowest BCUT2D eigenvalue weighted by atomic mass is 10.1. The van der Waals surface area contributed by atoms with Crippen LogP contribution in [0.2, 0.25) is 0 Å². The number of carbonyl (C=O) groups is 2. The maximum atomic E-state index is 13.0. The van der Waals surface area contributed by atoms with E-state index >= 15 is 0 Å². The van der Waals surface area contributed by atoms with Crippen molar-refractivity contribution in [1.29, 1.82) is 0 Å². The second kappa shape index (κ2) is 7.28. The summed E-state index contributed by atoms with van der Waals surface area (Å²) in [5, 5.41) is 6.09. The summed E-state index contributed by atoms with van der Waals surface area (Å²) in [5.74, 6) is -1.17. The molecule has 0 bridgehead atoms. The van der Waals surface area contributed by atoms with E-state index in [1.165, 1.54) is 35.6 Å². The Kier molecular flexibility index (Phi) is 4.68. The smallest absolute Gasteiger partial charge is 0.257 e. The summed E-state index contributed by atoms with van der Waals surface area (Å²) in [6.07, 6.45) is 1.46. The van der Waals surface area contributed by atoms with Crippen molar-refractivity contribution in [3.05, 3.63) is 76.5 Å². The summed E-state index contributed by atoms with van der Waals surface area (Å²) in [6.45, 7) is 0. The lowest BCUT2D eigenvalue weighted by molar-refractivity contribution is -0.117. The van der Waals surface area contributed by atoms with Crippen molar-refractivity contribution in [3.63, 3.8) is 0 Å². The number of nitrogens with one attached hydrogen (secondary N) is 2. The minimum atomic E-state index is -0.396. The van der Waals surface area contributed by atoms with Gasteiger partial charge in [0.2, 0.25) is 5.91 Å².